The molecule has 0 radical (unpaired) electrons. The van der Waals surface area contributed by atoms with Crippen LogP contribution in [0.15, 0.2) is 36.4 Å². The third kappa shape index (κ3) is 4.30. The maximum Gasteiger partial charge on any atom is 0.416 e. The molecule has 138 valence electrons. The Kier molecular flexibility index (Phi) is 5.11. The molecule has 2 heterocycles. The molecule has 0 aliphatic carbocycles. The zero-order valence-electron chi connectivity index (χ0n) is 14.3. The fraction of sp³-hybridized carbons (Fsp3) is 0.389. The van der Waals surface area contributed by atoms with Gasteiger partial charge < -0.3 is 10.2 Å². The van der Waals surface area contributed by atoms with Crippen LogP contribution in [0.3, 0.4) is 0 Å². The van der Waals surface area contributed by atoms with Gasteiger partial charge >= 0.3 is 6.18 Å². The second kappa shape index (κ2) is 7.31. The first-order valence-electron chi connectivity index (χ1n) is 8.40. The number of anilines is 2. The highest BCUT2D eigenvalue weighted by atomic mass is 19.4. The number of halogens is 3. The summed E-state index contributed by atoms with van der Waals surface area (Å²) in [6.45, 7) is 4.01. The number of hydrogen-bond donors (Lipinski definition) is 1. The van der Waals surface area contributed by atoms with Crippen LogP contribution in [0.25, 0.3) is 0 Å². The van der Waals surface area contributed by atoms with Gasteiger partial charge in [0.25, 0.3) is 5.91 Å². The molecular formula is C18H19F3N4O. The number of carbonyl (C=O) groups excluding carboxylic acids is 1. The number of nitrogens with one attached hydrogen (secondary N) is 1. The Bertz CT molecular complexity index is 760. The van der Waals surface area contributed by atoms with E-state index in [2.05, 4.69) is 27.3 Å². The van der Waals surface area contributed by atoms with Gasteiger partial charge in [0, 0.05) is 18.8 Å². The lowest BCUT2D eigenvalue weighted by Gasteiger charge is -2.31. The van der Waals surface area contributed by atoms with Gasteiger partial charge in [-0.25, -0.2) is 0 Å². The zero-order valence-corrected chi connectivity index (χ0v) is 14.3. The Labute approximate surface area is 149 Å². The Morgan fingerprint density at radius 3 is 2.46 bits per heavy atom. The quantitative estimate of drug-likeness (QED) is 0.895. The molecule has 1 unspecified atom stereocenters. The number of nitrogens with zero attached hydrogens (tertiary/aromatic N) is 3. The smallest absolute Gasteiger partial charge is 0.355 e. The number of hydrogen-bond acceptors (Lipinski definition) is 4. The predicted molar refractivity (Wildman–Crippen MR) is 92.0 cm³/mol. The molecule has 0 bridgehead atoms. The Hall–Kier alpha value is -2.64. The molecule has 1 amide bonds. The molecule has 1 aliphatic rings. The molecule has 0 saturated carbocycles. The average molecular weight is 364 g/mol. The Balaban J connectivity index is 1.64. The number of piperidine rings is 1. The Morgan fingerprint density at radius 2 is 1.88 bits per heavy atom. The number of alkyl halides is 3. The average Bonchev–Trinajstić information content (AvgIpc) is 2.61. The fourth-order valence-electron chi connectivity index (χ4n) is 2.95. The van der Waals surface area contributed by atoms with Crippen molar-refractivity contribution < 1.29 is 18.0 Å². The van der Waals surface area contributed by atoms with Crippen molar-refractivity contribution in [1.82, 2.24) is 10.2 Å². The van der Waals surface area contributed by atoms with Gasteiger partial charge in [0.05, 0.1) is 5.56 Å². The van der Waals surface area contributed by atoms with Crippen LogP contribution in [-0.2, 0) is 6.18 Å². The van der Waals surface area contributed by atoms with Gasteiger partial charge in [-0.3, -0.25) is 4.79 Å². The summed E-state index contributed by atoms with van der Waals surface area (Å²) in [6, 6.07) is 7.56. The lowest BCUT2D eigenvalue weighted by atomic mass is 10.0. The summed E-state index contributed by atoms with van der Waals surface area (Å²) >= 11 is 0. The normalized spacial score (nSPS) is 17.8. The lowest BCUT2D eigenvalue weighted by molar-refractivity contribution is -0.137. The SMILES string of the molecule is CC1CCCN(c2ccc(C(=O)Nc3ccc(C(F)(F)F)cc3)nn2)C1. The van der Waals surface area contributed by atoms with Crippen LogP contribution < -0.4 is 10.2 Å². The molecule has 5 nitrogen and oxygen atoms in total. The largest absolute Gasteiger partial charge is 0.416 e. The van der Waals surface area contributed by atoms with E-state index in [4.69, 9.17) is 0 Å². The summed E-state index contributed by atoms with van der Waals surface area (Å²) < 4.78 is 37.7. The number of aromatic nitrogens is 2. The van der Waals surface area contributed by atoms with E-state index < -0.39 is 17.6 Å². The molecule has 8 heteroatoms. The zero-order chi connectivity index (χ0) is 18.7. The van der Waals surface area contributed by atoms with Crippen molar-refractivity contribution in [2.75, 3.05) is 23.3 Å². The summed E-state index contributed by atoms with van der Waals surface area (Å²) in [7, 11) is 0. The second-order valence-corrected chi connectivity index (χ2v) is 6.50. The van der Waals surface area contributed by atoms with Crippen molar-refractivity contribution in [2.45, 2.75) is 25.9 Å². The van der Waals surface area contributed by atoms with E-state index >= 15 is 0 Å². The second-order valence-electron chi connectivity index (χ2n) is 6.50. The van der Waals surface area contributed by atoms with Crippen LogP contribution >= 0.6 is 0 Å². The van der Waals surface area contributed by atoms with Crippen molar-refractivity contribution in [3.8, 4) is 0 Å². The summed E-state index contributed by atoms with van der Waals surface area (Å²) in [6.07, 6.45) is -2.12. The van der Waals surface area contributed by atoms with Crippen molar-refractivity contribution in [1.29, 1.82) is 0 Å². The topological polar surface area (TPSA) is 58.1 Å². The van der Waals surface area contributed by atoms with Crippen molar-refractivity contribution in [3.05, 3.63) is 47.7 Å². The number of carbonyl (C=O) groups is 1. The minimum atomic E-state index is -4.41. The molecule has 26 heavy (non-hydrogen) atoms. The predicted octanol–water partition coefficient (Wildman–Crippen LogP) is 3.98. The van der Waals surface area contributed by atoms with E-state index in [-0.39, 0.29) is 11.4 Å². The third-order valence-corrected chi connectivity index (χ3v) is 4.33. The number of rotatable bonds is 3. The van der Waals surface area contributed by atoms with Gasteiger partial charge in [0.2, 0.25) is 0 Å². The van der Waals surface area contributed by atoms with Gasteiger partial charge in [0.1, 0.15) is 0 Å². The highest BCUT2D eigenvalue weighted by Gasteiger charge is 2.30. The van der Waals surface area contributed by atoms with Gasteiger partial charge in [0.15, 0.2) is 11.5 Å². The van der Waals surface area contributed by atoms with E-state index in [1.807, 2.05) is 0 Å². The van der Waals surface area contributed by atoms with Crippen LogP contribution in [0, 0.1) is 5.92 Å². The summed E-state index contributed by atoms with van der Waals surface area (Å²) in [5.41, 5.74) is -0.396. The highest BCUT2D eigenvalue weighted by Crippen LogP contribution is 2.29. The van der Waals surface area contributed by atoms with Crippen LogP contribution in [0.5, 0.6) is 0 Å². The fourth-order valence-corrected chi connectivity index (χ4v) is 2.95. The van der Waals surface area contributed by atoms with Crippen LogP contribution in [0.4, 0.5) is 24.7 Å². The van der Waals surface area contributed by atoms with E-state index in [0.29, 0.717) is 5.92 Å². The van der Waals surface area contributed by atoms with Crippen LogP contribution in [0.2, 0.25) is 0 Å². The number of benzene rings is 1. The molecule has 1 saturated heterocycles. The maximum absolute atomic E-state index is 12.6. The van der Waals surface area contributed by atoms with E-state index in [1.54, 1.807) is 12.1 Å². The summed E-state index contributed by atoms with van der Waals surface area (Å²) in [4.78, 5) is 14.3. The van der Waals surface area contributed by atoms with Crippen LogP contribution in [0.1, 0.15) is 35.8 Å². The number of amides is 1. The minimum Gasteiger partial charge on any atom is -0.355 e. The third-order valence-electron chi connectivity index (χ3n) is 4.33. The molecular weight excluding hydrogens is 345 g/mol. The van der Waals surface area contributed by atoms with Crippen molar-refractivity contribution >= 4 is 17.4 Å². The summed E-state index contributed by atoms with van der Waals surface area (Å²) in [5.74, 6) is 0.798. The molecule has 1 fully saturated rings. The van der Waals surface area contributed by atoms with Crippen molar-refractivity contribution in [3.63, 3.8) is 0 Å². The van der Waals surface area contributed by atoms with Gasteiger partial charge in [-0.15, -0.1) is 10.2 Å². The van der Waals surface area contributed by atoms with Gasteiger partial charge in [-0.2, -0.15) is 13.2 Å². The van der Waals surface area contributed by atoms with Crippen molar-refractivity contribution in [2.24, 2.45) is 5.92 Å². The lowest BCUT2D eigenvalue weighted by Crippen LogP contribution is -2.35. The van der Waals surface area contributed by atoms with Gasteiger partial charge in [-0.05, 0) is 55.2 Å². The minimum absolute atomic E-state index is 0.110. The van der Waals surface area contributed by atoms with E-state index in [9.17, 15) is 18.0 Å². The molecule has 1 N–H and O–H groups in total. The Morgan fingerprint density at radius 1 is 1.15 bits per heavy atom. The standard InChI is InChI=1S/C18H19F3N4O/c1-12-3-2-10-25(11-12)16-9-8-15(23-24-16)17(26)22-14-6-4-13(5-7-14)18(19,20)21/h4-9,12H,2-3,10-11H2,1H3,(H,22,26). The first-order valence-corrected chi connectivity index (χ1v) is 8.40. The molecule has 3 rings (SSSR count). The summed E-state index contributed by atoms with van der Waals surface area (Å²) in [5, 5.41) is 10.6. The van der Waals surface area contributed by atoms with Crippen LogP contribution in [-0.4, -0.2) is 29.2 Å². The molecule has 0 spiro atoms. The van der Waals surface area contributed by atoms with E-state index in [1.165, 1.54) is 18.6 Å². The first-order chi connectivity index (χ1) is 12.3. The molecule has 1 aromatic carbocycles. The molecule has 2 aromatic rings. The van der Waals surface area contributed by atoms with Gasteiger partial charge in [-0.1, -0.05) is 6.92 Å². The maximum atomic E-state index is 12.6. The molecule has 1 aliphatic heterocycles. The van der Waals surface area contributed by atoms with E-state index in [0.717, 1.165) is 37.5 Å². The molecule has 1 aromatic heterocycles. The molecule has 1 atom stereocenters. The highest BCUT2D eigenvalue weighted by molar-refractivity contribution is 6.02. The monoisotopic (exact) mass is 364 g/mol. The first kappa shape index (κ1) is 18.2.